The van der Waals surface area contributed by atoms with Crippen molar-refractivity contribution in [2.45, 2.75) is 18.0 Å². The number of fused-ring (bicyclic) bond motifs is 1. The van der Waals surface area contributed by atoms with Gasteiger partial charge in [0.2, 0.25) is 0 Å². The molecule has 0 N–H and O–H groups in total. The van der Waals surface area contributed by atoms with E-state index in [1.807, 2.05) is 54.6 Å². The molecule has 146 valence electrons. The van der Waals surface area contributed by atoms with Gasteiger partial charge in [-0.2, -0.15) is 0 Å². The van der Waals surface area contributed by atoms with Crippen LogP contribution in [-0.4, -0.2) is 8.42 Å². The smallest absolute Gasteiger partial charge is 0.261 e. The number of hydrogen-bond donors (Lipinski definition) is 0. The summed E-state index contributed by atoms with van der Waals surface area (Å²) in [6.45, 7) is 1.40. The first-order chi connectivity index (χ1) is 14.0. The summed E-state index contributed by atoms with van der Waals surface area (Å²) < 4.78 is 24.1. The Hall–Kier alpha value is -2.82. The molecule has 5 heteroatoms. The molecule has 0 aliphatic rings. The van der Waals surface area contributed by atoms with Crippen molar-refractivity contribution < 1.29 is 8.42 Å². The standard InChI is InChI=1S/C24H20ClNO2S/c25-29(27,28)24-16-8-13-21-22(24)14-7-15-23(21)26(17-19-9-3-1-4-10-19)18-20-11-5-2-6-12-20/h1-16H,17-18H2. The third-order valence-corrected chi connectivity index (χ3v) is 6.28. The molecule has 0 radical (unpaired) electrons. The van der Waals surface area contributed by atoms with Gasteiger partial charge in [0.1, 0.15) is 0 Å². The molecular formula is C24H20ClNO2S. The number of rotatable bonds is 6. The molecule has 4 aromatic carbocycles. The van der Waals surface area contributed by atoms with Crippen LogP contribution in [0, 0.1) is 0 Å². The van der Waals surface area contributed by atoms with E-state index in [1.54, 1.807) is 18.2 Å². The van der Waals surface area contributed by atoms with E-state index in [0.717, 1.165) is 11.1 Å². The van der Waals surface area contributed by atoms with Gasteiger partial charge in [0.25, 0.3) is 9.05 Å². The molecule has 0 saturated heterocycles. The van der Waals surface area contributed by atoms with Crippen LogP contribution < -0.4 is 4.90 Å². The average Bonchev–Trinajstić information content (AvgIpc) is 2.73. The lowest BCUT2D eigenvalue weighted by Crippen LogP contribution is -2.22. The van der Waals surface area contributed by atoms with Crippen LogP contribution in [0.25, 0.3) is 10.8 Å². The van der Waals surface area contributed by atoms with E-state index >= 15 is 0 Å². The van der Waals surface area contributed by atoms with Gasteiger partial charge in [0.05, 0.1) is 4.90 Å². The molecule has 0 aliphatic carbocycles. The van der Waals surface area contributed by atoms with E-state index in [4.69, 9.17) is 10.7 Å². The lowest BCUT2D eigenvalue weighted by atomic mass is 10.1. The summed E-state index contributed by atoms with van der Waals surface area (Å²) in [7, 11) is 1.85. The summed E-state index contributed by atoms with van der Waals surface area (Å²) in [5.74, 6) is 0. The molecule has 29 heavy (non-hydrogen) atoms. The van der Waals surface area contributed by atoms with Gasteiger partial charge in [-0.1, -0.05) is 84.9 Å². The normalized spacial score (nSPS) is 11.5. The molecule has 0 fully saturated rings. The minimum atomic E-state index is -3.84. The van der Waals surface area contributed by atoms with Crippen molar-refractivity contribution in [3.63, 3.8) is 0 Å². The van der Waals surface area contributed by atoms with Gasteiger partial charge in [0, 0.05) is 40.2 Å². The molecule has 4 aromatic rings. The lowest BCUT2D eigenvalue weighted by Gasteiger charge is -2.27. The van der Waals surface area contributed by atoms with Crippen molar-refractivity contribution in [2.24, 2.45) is 0 Å². The molecule has 0 saturated carbocycles. The molecule has 3 nitrogen and oxygen atoms in total. The first-order valence-corrected chi connectivity index (χ1v) is 11.6. The molecule has 0 spiro atoms. The predicted molar refractivity (Wildman–Crippen MR) is 120 cm³/mol. The Morgan fingerprint density at radius 2 is 1.14 bits per heavy atom. The highest BCUT2D eigenvalue weighted by molar-refractivity contribution is 8.14. The van der Waals surface area contributed by atoms with E-state index < -0.39 is 9.05 Å². The maximum atomic E-state index is 12.1. The van der Waals surface area contributed by atoms with Crippen molar-refractivity contribution in [2.75, 3.05) is 4.90 Å². The fraction of sp³-hybridized carbons (Fsp3) is 0.0833. The van der Waals surface area contributed by atoms with Crippen LogP contribution in [0.15, 0.2) is 102 Å². The third kappa shape index (κ3) is 4.44. The highest BCUT2D eigenvalue weighted by Gasteiger charge is 2.18. The summed E-state index contributed by atoms with van der Waals surface area (Å²) in [5, 5.41) is 1.49. The van der Waals surface area contributed by atoms with Crippen LogP contribution in [0.4, 0.5) is 5.69 Å². The van der Waals surface area contributed by atoms with Crippen LogP contribution in [0.1, 0.15) is 11.1 Å². The van der Waals surface area contributed by atoms with Gasteiger partial charge < -0.3 is 4.90 Å². The number of halogens is 1. The van der Waals surface area contributed by atoms with Crippen LogP contribution >= 0.6 is 10.7 Å². The van der Waals surface area contributed by atoms with Crippen LogP contribution in [0.2, 0.25) is 0 Å². The molecule has 0 aliphatic heterocycles. The van der Waals surface area contributed by atoms with Gasteiger partial charge in [-0.3, -0.25) is 0 Å². The Kier molecular flexibility index (Phi) is 5.56. The van der Waals surface area contributed by atoms with Gasteiger partial charge in [-0.25, -0.2) is 8.42 Å². The molecule has 0 aromatic heterocycles. The molecule has 0 amide bonds. The molecule has 0 bridgehead atoms. The second-order valence-corrected chi connectivity index (χ2v) is 9.43. The summed E-state index contributed by atoms with van der Waals surface area (Å²) in [6.07, 6.45) is 0. The molecule has 0 atom stereocenters. The fourth-order valence-corrected chi connectivity index (χ4v) is 4.67. The predicted octanol–water partition coefficient (Wildman–Crippen LogP) is 5.97. The minimum Gasteiger partial charge on any atom is -0.362 e. The number of nitrogens with zero attached hydrogens (tertiary/aromatic N) is 1. The van der Waals surface area contributed by atoms with Crippen LogP contribution in [0.3, 0.4) is 0 Å². The Balaban J connectivity index is 1.84. The van der Waals surface area contributed by atoms with Gasteiger partial charge in [-0.15, -0.1) is 0 Å². The zero-order valence-electron chi connectivity index (χ0n) is 15.7. The van der Waals surface area contributed by atoms with Crippen molar-refractivity contribution >= 4 is 36.2 Å². The monoisotopic (exact) mass is 421 g/mol. The maximum Gasteiger partial charge on any atom is 0.261 e. The Morgan fingerprint density at radius 1 is 0.621 bits per heavy atom. The second-order valence-electron chi connectivity index (χ2n) is 6.89. The van der Waals surface area contributed by atoms with Crippen LogP contribution in [-0.2, 0) is 22.1 Å². The Bertz CT molecular complexity index is 1180. The lowest BCUT2D eigenvalue weighted by molar-refractivity contribution is 0.610. The number of anilines is 1. The van der Waals surface area contributed by atoms with Crippen LogP contribution in [0.5, 0.6) is 0 Å². The van der Waals surface area contributed by atoms with E-state index in [9.17, 15) is 8.42 Å². The first kappa shape index (κ1) is 19.5. The van der Waals surface area contributed by atoms with Gasteiger partial charge in [-0.05, 0) is 23.3 Å². The van der Waals surface area contributed by atoms with Crippen molar-refractivity contribution in [3.05, 3.63) is 108 Å². The van der Waals surface area contributed by atoms with E-state index in [-0.39, 0.29) is 4.90 Å². The summed E-state index contributed by atoms with van der Waals surface area (Å²) in [4.78, 5) is 2.40. The molecule has 0 unspecified atom stereocenters. The van der Waals surface area contributed by atoms with Gasteiger partial charge >= 0.3 is 0 Å². The molecule has 0 heterocycles. The Labute approximate surface area is 175 Å². The largest absolute Gasteiger partial charge is 0.362 e. The molecule has 4 rings (SSSR count). The third-order valence-electron chi connectivity index (χ3n) is 4.89. The zero-order valence-corrected chi connectivity index (χ0v) is 17.3. The molecular weight excluding hydrogens is 402 g/mol. The summed E-state index contributed by atoms with van der Waals surface area (Å²) >= 11 is 0. The quantitative estimate of drug-likeness (QED) is 0.360. The van der Waals surface area contributed by atoms with E-state index in [2.05, 4.69) is 29.2 Å². The van der Waals surface area contributed by atoms with E-state index in [0.29, 0.717) is 18.5 Å². The zero-order chi connectivity index (χ0) is 20.3. The van der Waals surface area contributed by atoms with Crippen molar-refractivity contribution in [3.8, 4) is 0 Å². The van der Waals surface area contributed by atoms with Crippen molar-refractivity contribution in [1.82, 2.24) is 0 Å². The minimum absolute atomic E-state index is 0.137. The average molecular weight is 422 g/mol. The highest BCUT2D eigenvalue weighted by Crippen LogP contribution is 2.33. The summed E-state index contributed by atoms with van der Waals surface area (Å²) in [5.41, 5.74) is 3.33. The fourth-order valence-electron chi connectivity index (χ4n) is 3.59. The summed E-state index contributed by atoms with van der Waals surface area (Å²) in [6, 6.07) is 31.4. The maximum absolute atomic E-state index is 12.1. The van der Waals surface area contributed by atoms with E-state index in [1.165, 1.54) is 11.1 Å². The number of hydrogen-bond acceptors (Lipinski definition) is 3. The topological polar surface area (TPSA) is 37.4 Å². The van der Waals surface area contributed by atoms with Gasteiger partial charge in [0.15, 0.2) is 0 Å². The Morgan fingerprint density at radius 3 is 1.69 bits per heavy atom. The van der Waals surface area contributed by atoms with Crippen molar-refractivity contribution in [1.29, 1.82) is 0 Å². The second kappa shape index (κ2) is 8.27. The number of benzene rings is 4. The first-order valence-electron chi connectivity index (χ1n) is 9.31. The highest BCUT2D eigenvalue weighted by atomic mass is 35.7. The SMILES string of the molecule is O=S(=O)(Cl)c1cccc2c(N(Cc3ccccc3)Cc3ccccc3)cccc12.